The molecule has 0 saturated heterocycles. The van der Waals surface area contributed by atoms with E-state index in [0.29, 0.717) is 12.1 Å². The van der Waals surface area contributed by atoms with Gasteiger partial charge >= 0.3 is 0 Å². The minimum Gasteiger partial charge on any atom is -0.306 e. The molecule has 0 radical (unpaired) electrons. The normalized spacial score (nSPS) is 28.8. The van der Waals surface area contributed by atoms with Gasteiger partial charge < -0.3 is 5.32 Å². The fraction of sp³-hybridized carbons (Fsp3) is 0.778. The van der Waals surface area contributed by atoms with Crippen LogP contribution in [0.5, 0.6) is 0 Å². The number of hydrogen-bond acceptors (Lipinski definition) is 2. The molecule has 2 heteroatoms. The molecular formula is C18H31NS. The third-order valence-electron chi connectivity index (χ3n) is 4.90. The topological polar surface area (TPSA) is 12.0 Å². The first-order valence-corrected chi connectivity index (χ1v) is 9.29. The zero-order chi connectivity index (χ0) is 14.5. The van der Waals surface area contributed by atoms with Crippen molar-refractivity contribution < 1.29 is 0 Å². The molecule has 4 atom stereocenters. The molecule has 2 rings (SSSR count). The Morgan fingerprint density at radius 3 is 2.75 bits per heavy atom. The average Bonchev–Trinajstić information content (AvgIpc) is 2.91. The maximum Gasteiger partial charge on any atom is 0.0416 e. The van der Waals surface area contributed by atoms with Crippen molar-refractivity contribution in [3.63, 3.8) is 0 Å². The summed E-state index contributed by atoms with van der Waals surface area (Å²) in [5.74, 6) is 2.53. The van der Waals surface area contributed by atoms with E-state index in [1.807, 2.05) is 11.3 Å². The molecule has 1 nitrogen and oxygen atoms in total. The van der Waals surface area contributed by atoms with E-state index in [4.69, 9.17) is 0 Å². The van der Waals surface area contributed by atoms with Crippen LogP contribution in [0.15, 0.2) is 17.5 Å². The number of nitrogens with one attached hydrogen (secondary N) is 1. The predicted octanol–water partition coefficient (Wildman–Crippen LogP) is 5.64. The van der Waals surface area contributed by atoms with Crippen LogP contribution in [0.1, 0.15) is 70.7 Å². The first kappa shape index (κ1) is 16.0. The lowest BCUT2D eigenvalue weighted by Crippen LogP contribution is -2.44. The number of hydrogen-bond donors (Lipinski definition) is 1. The smallest absolute Gasteiger partial charge is 0.0416 e. The highest BCUT2D eigenvalue weighted by Gasteiger charge is 2.32. The summed E-state index contributed by atoms with van der Waals surface area (Å²) in [7, 11) is 0. The number of rotatable bonds is 6. The summed E-state index contributed by atoms with van der Waals surface area (Å²) in [6.45, 7) is 9.52. The molecule has 1 N–H and O–H groups in total. The molecule has 1 aromatic rings. The van der Waals surface area contributed by atoms with Crippen LogP contribution in [0.4, 0.5) is 0 Å². The van der Waals surface area contributed by atoms with E-state index in [0.717, 1.165) is 17.8 Å². The van der Waals surface area contributed by atoms with Crippen LogP contribution in [0.2, 0.25) is 0 Å². The largest absolute Gasteiger partial charge is 0.306 e. The second kappa shape index (κ2) is 7.61. The first-order chi connectivity index (χ1) is 9.61. The second-order valence-corrected chi connectivity index (χ2v) is 7.94. The highest BCUT2D eigenvalue weighted by atomic mass is 32.1. The van der Waals surface area contributed by atoms with Crippen LogP contribution >= 0.6 is 11.3 Å². The summed E-state index contributed by atoms with van der Waals surface area (Å²) in [5, 5.41) is 6.24. The Labute approximate surface area is 129 Å². The molecular weight excluding hydrogens is 262 g/mol. The lowest BCUT2D eigenvalue weighted by atomic mass is 9.73. The third-order valence-corrected chi connectivity index (χ3v) is 5.89. The summed E-state index contributed by atoms with van der Waals surface area (Å²) >= 11 is 1.91. The average molecular weight is 294 g/mol. The lowest BCUT2D eigenvalue weighted by Gasteiger charge is -2.40. The monoisotopic (exact) mass is 293 g/mol. The molecule has 0 aromatic carbocycles. The van der Waals surface area contributed by atoms with Crippen molar-refractivity contribution in [2.75, 3.05) is 0 Å². The van der Waals surface area contributed by atoms with Crippen LogP contribution in [-0.4, -0.2) is 6.04 Å². The molecule has 0 amide bonds. The summed E-state index contributed by atoms with van der Waals surface area (Å²) in [6.07, 6.45) is 6.69. The van der Waals surface area contributed by atoms with Crippen molar-refractivity contribution in [2.45, 2.75) is 71.9 Å². The third kappa shape index (κ3) is 4.08. The second-order valence-electron chi connectivity index (χ2n) is 6.96. The highest BCUT2D eigenvalue weighted by molar-refractivity contribution is 7.10. The van der Waals surface area contributed by atoms with Crippen molar-refractivity contribution in [3.05, 3.63) is 22.4 Å². The first-order valence-electron chi connectivity index (χ1n) is 8.41. The van der Waals surface area contributed by atoms with Gasteiger partial charge in [0.1, 0.15) is 0 Å². The van der Waals surface area contributed by atoms with Crippen LogP contribution in [0.25, 0.3) is 0 Å². The molecule has 1 aliphatic carbocycles. The van der Waals surface area contributed by atoms with Gasteiger partial charge in [-0.05, 0) is 48.5 Å². The molecule has 20 heavy (non-hydrogen) atoms. The van der Waals surface area contributed by atoms with Crippen molar-refractivity contribution in [1.82, 2.24) is 5.32 Å². The van der Waals surface area contributed by atoms with E-state index in [9.17, 15) is 0 Å². The summed E-state index contributed by atoms with van der Waals surface area (Å²) in [6, 6.07) is 5.76. The van der Waals surface area contributed by atoms with Gasteiger partial charge in [0.15, 0.2) is 0 Å². The molecule has 0 spiro atoms. The minimum absolute atomic E-state index is 0.566. The van der Waals surface area contributed by atoms with E-state index in [1.54, 1.807) is 0 Å². The van der Waals surface area contributed by atoms with Gasteiger partial charge in [-0.2, -0.15) is 0 Å². The molecule has 1 saturated carbocycles. The van der Waals surface area contributed by atoms with Crippen LogP contribution in [-0.2, 0) is 0 Å². The highest BCUT2D eigenvalue weighted by Crippen LogP contribution is 2.35. The van der Waals surface area contributed by atoms with Gasteiger partial charge in [0.05, 0.1) is 0 Å². The van der Waals surface area contributed by atoms with Gasteiger partial charge in [-0.1, -0.05) is 46.6 Å². The van der Waals surface area contributed by atoms with Crippen molar-refractivity contribution in [3.8, 4) is 0 Å². The van der Waals surface area contributed by atoms with E-state index in [-0.39, 0.29) is 0 Å². The van der Waals surface area contributed by atoms with Crippen molar-refractivity contribution in [1.29, 1.82) is 0 Å². The molecule has 114 valence electrons. The standard InChI is InChI=1S/C18H31NS/c1-5-7-16(18-8-6-11-20-18)19-17-12-14(4)9-10-15(17)13(2)3/h6,8,11,13-17,19H,5,7,9-10,12H2,1-4H3. The van der Waals surface area contributed by atoms with Gasteiger partial charge in [0, 0.05) is 17.0 Å². The van der Waals surface area contributed by atoms with Gasteiger partial charge in [-0.15, -0.1) is 11.3 Å². The fourth-order valence-electron chi connectivity index (χ4n) is 3.74. The molecule has 0 aliphatic heterocycles. The lowest BCUT2D eigenvalue weighted by molar-refractivity contribution is 0.157. The van der Waals surface area contributed by atoms with E-state index in [2.05, 4.69) is 50.5 Å². The van der Waals surface area contributed by atoms with Crippen LogP contribution in [0.3, 0.4) is 0 Å². The van der Waals surface area contributed by atoms with Gasteiger partial charge in [0.2, 0.25) is 0 Å². The Hall–Kier alpha value is -0.340. The maximum absolute atomic E-state index is 4.03. The SMILES string of the molecule is CCCC(NC1CC(C)CCC1C(C)C)c1cccs1. The molecule has 0 bridgehead atoms. The van der Waals surface area contributed by atoms with E-state index in [1.165, 1.54) is 37.0 Å². The Morgan fingerprint density at radius 1 is 1.35 bits per heavy atom. The van der Waals surface area contributed by atoms with Crippen molar-refractivity contribution in [2.24, 2.45) is 17.8 Å². The Morgan fingerprint density at radius 2 is 2.15 bits per heavy atom. The molecule has 1 heterocycles. The Kier molecular flexibility index (Phi) is 6.10. The summed E-state index contributed by atoms with van der Waals surface area (Å²) in [4.78, 5) is 1.52. The maximum atomic E-state index is 4.03. The molecule has 1 aliphatic rings. The van der Waals surface area contributed by atoms with E-state index < -0.39 is 0 Å². The summed E-state index contributed by atoms with van der Waals surface area (Å²) < 4.78 is 0. The quantitative estimate of drug-likeness (QED) is 0.715. The summed E-state index contributed by atoms with van der Waals surface area (Å²) in [5.41, 5.74) is 0. The molecule has 4 unspecified atom stereocenters. The Balaban J connectivity index is 2.06. The van der Waals surface area contributed by atoms with Gasteiger partial charge in [-0.3, -0.25) is 0 Å². The van der Waals surface area contributed by atoms with Gasteiger partial charge in [-0.25, -0.2) is 0 Å². The van der Waals surface area contributed by atoms with Crippen LogP contribution < -0.4 is 5.32 Å². The van der Waals surface area contributed by atoms with Crippen LogP contribution in [0, 0.1) is 17.8 Å². The Bertz CT molecular complexity index is 371. The zero-order valence-electron chi connectivity index (χ0n) is 13.6. The zero-order valence-corrected chi connectivity index (χ0v) is 14.4. The molecule has 1 aromatic heterocycles. The van der Waals surface area contributed by atoms with Gasteiger partial charge in [0.25, 0.3) is 0 Å². The van der Waals surface area contributed by atoms with E-state index >= 15 is 0 Å². The van der Waals surface area contributed by atoms with Crippen molar-refractivity contribution >= 4 is 11.3 Å². The number of thiophene rings is 1. The predicted molar refractivity (Wildman–Crippen MR) is 90.2 cm³/mol. The fourth-order valence-corrected chi connectivity index (χ4v) is 4.56. The molecule has 1 fully saturated rings. The minimum atomic E-state index is 0.566.